The maximum Gasteiger partial charge on any atom is 0.276 e. The van der Waals surface area contributed by atoms with E-state index in [1.54, 1.807) is 23.6 Å². The number of morpholine rings is 1. The first-order valence-corrected chi connectivity index (χ1v) is 9.93. The van der Waals surface area contributed by atoms with Crippen molar-refractivity contribution in [3.63, 3.8) is 0 Å². The number of amides is 1. The number of benzene rings is 1. The highest BCUT2D eigenvalue weighted by atomic mass is 16.5. The van der Waals surface area contributed by atoms with Gasteiger partial charge in [-0.3, -0.25) is 4.79 Å². The summed E-state index contributed by atoms with van der Waals surface area (Å²) in [7, 11) is 3.21. The summed E-state index contributed by atoms with van der Waals surface area (Å²) in [5.74, 6) is 1.13. The van der Waals surface area contributed by atoms with Gasteiger partial charge in [0, 0.05) is 13.1 Å². The molecule has 0 aliphatic carbocycles. The Morgan fingerprint density at radius 1 is 1.13 bits per heavy atom. The standard InChI is InChI=1S/C21H25N5O4/c1-5-15-18(14-6-7-16(28-3)17(12-14)29-4)20-23-22-19(13(2)26(20)24-15)21(27)25-8-10-30-11-9-25/h6-7,12H,5,8-11H2,1-4H3. The Labute approximate surface area is 174 Å². The van der Waals surface area contributed by atoms with E-state index < -0.39 is 0 Å². The maximum absolute atomic E-state index is 12.9. The number of aromatic nitrogens is 4. The van der Waals surface area contributed by atoms with E-state index in [4.69, 9.17) is 19.3 Å². The zero-order valence-electron chi connectivity index (χ0n) is 17.6. The smallest absolute Gasteiger partial charge is 0.276 e. The van der Waals surface area contributed by atoms with Crippen molar-refractivity contribution in [1.29, 1.82) is 0 Å². The van der Waals surface area contributed by atoms with Crippen molar-refractivity contribution in [1.82, 2.24) is 24.7 Å². The number of carbonyl (C=O) groups is 1. The quantitative estimate of drug-likeness (QED) is 0.635. The molecule has 0 radical (unpaired) electrons. The van der Waals surface area contributed by atoms with Crippen LogP contribution in [0.25, 0.3) is 16.8 Å². The fraction of sp³-hybridized carbons (Fsp3) is 0.429. The first-order chi connectivity index (χ1) is 14.6. The lowest BCUT2D eigenvalue weighted by Gasteiger charge is -2.26. The predicted octanol–water partition coefficient (Wildman–Crippen LogP) is 2.15. The first-order valence-electron chi connectivity index (χ1n) is 9.93. The highest BCUT2D eigenvalue weighted by Gasteiger charge is 2.25. The molecule has 4 rings (SSSR count). The van der Waals surface area contributed by atoms with Crippen LogP contribution in [0.3, 0.4) is 0 Å². The number of rotatable bonds is 5. The van der Waals surface area contributed by atoms with Crippen molar-refractivity contribution < 1.29 is 19.0 Å². The normalized spacial score (nSPS) is 14.2. The molecule has 1 saturated heterocycles. The van der Waals surface area contributed by atoms with E-state index in [9.17, 15) is 4.79 Å². The van der Waals surface area contributed by atoms with Crippen LogP contribution in [0.1, 0.15) is 28.8 Å². The molecular formula is C21H25N5O4. The fourth-order valence-corrected chi connectivity index (χ4v) is 3.70. The van der Waals surface area contributed by atoms with Gasteiger partial charge in [0.2, 0.25) is 0 Å². The number of hydrogen-bond acceptors (Lipinski definition) is 7. The Hall–Kier alpha value is -3.20. The molecule has 0 N–H and O–H groups in total. The van der Waals surface area contributed by atoms with Crippen molar-refractivity contribution in [2.45, 2.75) is 20.3 Å². The van der Waals surface area contributed by atoms with Crippen molar-refractivity contribution in [3.8, 4) is 22.6 Å². The van der Waals surface area contributed by atoms with E-state index in [0.717, 1.165) is 16.8 Å². The molecule has 1 fully saturated rings. The molecule has 0 spiro atoms. The van der Waals surface area contributed by atoms with Gasteiger partial charge in [0.25, 0.3) is 5.91 Å². The highest BCUT2D eigenvalue weighted by molar-refractivity contribution is 5.94. The summed E-state index contributed by atoms with van der Waals surface area (Å²) in [6.07, 6.45) is 0.708. The van der Waals surface area contributed by atoms with E-state index in [1.807, 2.05) is 32.0 Å². The molecule has 0 atom stereocenters. The number of methoxy groups -OCH3 is 2. The van der Waals surface area contributed by atoms with Crippen LogP contribution < -0.4 is 9.47 Å². The third-order valence-corrected chi connectivity index (χ3v) is 5.35. The number of ether oxygens (including phenoxy) is 3. The van der Waals surface area contributed by atoms with Crippen molar-refractivity contribution in [3.05, 3.63) is 35.3 Å². The molecule has 1 amide bonds. The van der Waals surface area contributed by atoms with E-state index in [-0.39, 0.29) is 5.91 Å². The summed E-state index contributed by atoms with van der Waals surface area (Å²) in [5.41, 5.74) is 4.23. The van der Waals surface area contributed by atoms with Gasteiger partial charge in [-0.05, 0) is 31.0 Å². The molecule has 0 bridgehead atoms. The summed E-state index contributed by atoms with van der Waals surface area (Å²) in [6.45, 7) is 6.05. The molecule has 3 aromatic rings. The minimum absolute atomic E-state index is 0.147. The van der Waals surface area contributed by atoms with Gasteiger partial charge < -0.3 is 19.1 Å². The molecule has 158 valence electrons. The molecule has 9 nitrogen and oxygen atoms in total. The van der Waals surface area contributed by atoms with Crippen LogP contribution in [0.5, 0.6) is 11.5 Å². The van der Waals surface area contributed by atoms with Gasteiger partial charge in [-0.1, -0.05) is 13.0 Å². The Morgan fingerprint density at radius 3 is 2.53 bits per heavy atom. The molecule has 0 saturated carbocycles. The summed E-state index contributed by atoms with van der Waals surface area (Å²) in [6, 6.07) is 5.70. The first kappa shape index (κ1) is 20.1. The van der Waals surface area contributed by atoms with Crippen molar-refractivity contribution in [2.24, 2.45) is 0 Å². The largest absolute Gasteiger partial charge is 0.493 e. The zero-order chi connectivity index (χ0) is 21.3. The minimum atomic E-state index is -0.147. The molecule has 0 unspecified atom stereocenters. The SMILES string of the molecule is CCc1nn2c(C)c(C(=O)N3CCOCC3)nnc2c1-c1ccc(OC)c(OC)c1. The van der Waals surface area contributed by atoms with Crippen LogP contribution in [-0.2, 0) is 11.2 Å². The third-order valence-electron chi connectivity index (χ3n) is 5.35. The van der Waals surface area contributed by atoms with Crippen LogP contribution in [0.2, 0.25) is 0 Å². The van der Waals surface area contributed by atoms with E-state index in [0.29, 0.717) is 61.3 Å². The van der Waals surface area contributed by atoms with Crippen LogP contribution in [0.15, 0.2) is 18.2 Å². The van der Waals surface area contributed by atoms with Crippen molar-refractivity contribution >= 4 is 11.6 Å². The Kier molecular flexibility index (Phi) is 5.54. The van der Waals surface area contributed by atoms with Crippen LogP contribution >= 0.6 is 0 Å². The van der Waals surface area contributed by atoms with Gasteiger partial charge in [-0.25, -0.2) is 4.52 Å². The summed E-state index contributed by atoms with van der Waals surface area (Å²) in [4.78, 5) is 14.7. The number of carbonyl (C=O) groups excluding carboxylic acids is 1. The molecule has 30 heavy (non-hydrogen) atoms. The lowest BCUT2D eigenvalue weighted by molar-refractivity contribution is 0.0297. The second-order valence-electron chi connectivity index (χ2n) is 7.02. The lowest BCUT2D eigenvalue weighted by Crippen LogP contribution is -2.41. The summed E-state index contributed by atoms with van der Waals surface area (Å²) in [5, 5.41) is 13.4. The van der Waals surface area contributed by atoms with E-state index in [1.165, 1.54) is 0 Å². The van der Waals surface area contributed by atoms with Crippen molar-refractivity contribution in [2.75, 3.05) is 40.5 Å². The average molecular weight is 411 g/mol. The molecule has 9 heteroatoms. The van der Waals surface area contributed by atoms with Gasteiger partial charge in [-0.15, -0.1) is 10.2 Å². The molecule has 1 aromatic carbocycles. The summed E-state index contributed by atoms with van der Waals surface area (Å²) < 4.78 is 17.9. The van der Waals surface area contributed by atoms with Crippen LogP contribution in [0, 0.1) is 6.92 Å². The van der Waals surface area contributed by atoms with Gasteiger partial charge >= 0.3 is 0 Å². The zero-order valence-corrected chi connectivity index (χ0v) is 17.6. The van der Waals surface area contributed by atoms with Gasteiger partial charge in [0.05, 0.1) is 44.4 Å². The lowest BCUT2D eigenvalue weighted by atomic mass is 10.0. The monoisotopic (exact) mass is 411 g/mol. The predicted molar refractivity (Wildman–Crippen MR) is 110 cm³/mol. The van der Waals surface area contributed by atoms with Gasteiger partial charge in [-0.2, -0.15) is 5.10 Å². The molecule has 2 aromatic heterocycles. The van der Waals surface area contributed by atoms with E-state index in [2.05, 4.69) is 10.2 Å². The maximum atomic E-state index is 12.9. The second kappa shape index (κ2) is 8.27. The number of fused-ring (bicyclic) bond motifs is 1. The van der Waals surface area contributed by atoms with Gasteiger partial charge in [0.1, 0.15) is 0 Å². The number of hydrogen-bond donors (Lipinski definition) is 0. The Balaban J connectivity index is 1.82. The average Bonchev–Trinajstić information content (AvgIpc) is 3.18. The molecule has 1 aliphatic heterocycles. The van der Waals surface area contributed by atoms with Crippen LogP contribution in [-0.4, -0.2) is 71.1 Å². The molecular weight excluding hydrogens is 386 g/mol. The Morgan fingerprint density at radius 2 is 1.87 bits per heavy atom. The van der Waals surface area contributed by atoms with Gasteiger partial charge in [0.15, 0.2) is 22.8 Å². The fourth-order valence-electron chi connectivity index (χ4n) is 3.70. The highest BCUT2D eigenvalue weighted by Crippen LogP contribution is 2.35. The molecule has 1 aliphatic rings. The Bertz CT molecular complexity index is 1090. The number of nitrogens with zero attached hydrogens (tertiary/aromatic N) is 5. The van der Waals surface area contributed by atoms with Crippen LogP contribution in [0.4, 0.5) is 0 Å². The summed E-state index contributed by atoms with van der Waals surface area (Å²) >= 11 is 0. The second-order valence-corrected chi connectivity index (χ2v) is 7.02. The van der Waals surface area contributed by atoms with E-state index >= 15 is 0 Å². The molecule has 3 heterocycles. The third kappa shape index (κ3) is 3.35. The minimum Gasteiger partial charge on any atom is -0.493 e. The topological polar surface area (TPSA) is 91.1 Å². The number of aryl methyl sites for hydroxylation is 2.